The van der Waals surface area contributed by atoms with E-state index in [1.54, 1.807) is 6.92 Å². The highest BCUT2D eigenvalue weighted by atomic mass is 16.6. The molecule has 0 saturated heterocycles. The molecule has 4 unspecified atom stereocenters. The smallest absolute Gasteiger partial charge is 0.341 e. The second-order valence-electron chi connectivity index (χ2n) is 9.65. The fourth-order valence-electron chi connectivity index (χ4n) is 5.61. The van der Waals surface area contributed by atoms with Crippen LogP contribution in [0, 0.1) is 17.3 Å². The molecule has 1 aromatic carbocycles. The Morgan fingerprint density at radius 2 is 2.00 bits per heavy atom. The van der Waals surface area contributed by atoms with Crippen molar-refractivity contribution in [2.45, 2.75) is 70.6 Å². The summed E-state index contributed by atoms with van der Waals surface area (Å²) < 4.78 is 11.1. The Hall–Kier alpha value is -2.21. The van der Waals surface area contributed by atoms with Gasteiger partial charge in [0.2, 0.25) is 0 Å². The summed E-state index contributed by atoms with van der Waals surface area (Å²) in [6, 6.07) is 8.24. The number of esters is 2. The number of ether oxygens (including phenoxy) is 2. The number of aliphatic hydroxyl groups is 1. The van der Waals surface area contributed by atoms with Crippen LogP contribution in [0.3, 0.4) is 0 Å². The lowest BCUT2D eigenvalue weighted by atomic mass is 9.43. The van der Waals surface area contributed by atoms with Gasteiger partial charge in [-0.2, -0.15) is 0 Å². The summed E-state index contributed by atoms with van der Waals surface area (Å²) in [6.07, 6.45) is 2.18. The van der Waals surface area contributed by atoms with Crippen LogP contribution in [0.4, 0.5) is 0 Å². The molecule has 4 aliphatic rings. The van der Waals surface area contributed by atoms with Crippen LogP contribution in [0.2, 0.25) is 0 Å². The molecule has 1 N–H and O–H groups in total. The summed E-state index contributed by atoms with van der Waals surface area (Å²) in [5.41, 5.74) is -0.987. The number of hydrogen-bond acceptors (Lipinski definition) is 6. The molecule has 162 valence electrons. The molecule has 3 saturated carbocycles. The Morgan fingerprint density at radius 3 is 2.63 bits per heavy atom. The predicted octanol–water partition coefficient (Wildman–Crippen LogP) is 3.10. The van der Waals surface area contributed by atoms with Crippen LogP contribution in [0.5, 0.6) is 0 Å². The van der Waals surface area contributed by atoms with E-state index in [2.05, 4.69) is 18.8 Å². The monoisotopic (exact) mass is 413 g/mol. The molecular formula is C24H31NO5. The molecule has 1 aromatic rings. The van der Waals surface area contributed by atoms with Crippen molar-refractivity contribution < 1.29 is 24.2 Å². The number of aryl methyl sites for hydroxylation is 1. The molecule has 30 heavy (non-hydrogen) atoms. The average Bonchev–Trinajstić information content (AvgIpc) is 2.71. The molecule has 1 heterocycles. The van der Waals surface area contributed by atoms with Gasteiger partial charge >= 0.3 is 11.9 Å². The van der Waals surface area contributed by atoms with E-state index in [1.807, 2.05) is 37.3 Å². The molecule has 0 aromatic heterocycles. The van der Waals surface area contributed by atoms with Crippen LogP contribution >= 0.6 is 0 Å². The molecule has 5 rings (SSSR count). The minimum atomic E-state index is -2.06. The third-order valence-electron chi connectivity index (χ3n) is 7.69. The Bertz CT molecular complexity index is 879. The van der Waals surface area contributed by atoms with Gasteiger partial charge in [-0.1, -0.05) is 44.2 Å². The maximum Gasteiger partial charge on any atom is 0.341 e. The highest BCUT2D eigenvalue weighted by molar-refractivity contribution is 6.03. The first-order chi connectivity index (χ1) is 14.1. The maximum absolute atomic E-state index is 13.1. The van der Waals surface area contributed by atoms with E-state index >= 15 is 0 Å². The van der Waals surface area contributed by atoms with Gasteiger partial charge in [0, 0.05) is 5.92 Å². The first-order valence-electron chi connectivity index (χ1n) is 10.9. The predicted molar refractivity (Wildman–Crippen MR) is 112 cm³/mol. The zero-order chi connectivity index (χ0) is 21.7. The van der Waals surface area contributed by atoms with E-state index in [0.29, 0.717) is 12.3 Å². The molecule has 0 spiro atoms. The van der Waals surface area contributed by atoms with Crippen LogP contribution in [0.15, 0.2) is 35.3 Å². The minimum absolute atomic E-state index is 0.0292. The van der Waals surface area contributed by atoms with Crippen molar-refractivity contribution in [1.82, 2.24) is 0 Å². The number of benzene rings is 1. The van der Waals surface area contributed by atoms with Gasteiger partial charge in [-0.25, -0.2) is 9.59 Å². The van der Waals surface area contributed by atoms with Gasteiger partial charge in [-0.3, -0.25) is 4.99 Å². The van der Waals surface area contributed by atoms with Crippen LogP contribution in [-0.2, 0) is 25.5 Å². The van der Waals surface area contributed by atoms with E-state index in [0.717, 1.165) is 24.1 Å². The molecule has 6 nitrogen and oxygen atoms in total. The van der Waals surface area contributed by atoms with Crippen LogP contribution < -0.4 is 0 Å². The van der Waals surface area contributed by atoms with Crippen molar-refractivity contribution in [1.29, 1.82) is 0 Å². The fourth-order valence-corrected chi connectivity index (χ4v) is 5.61. The summed E-state index contributed by atoms with van der Waals surface area (Å²) in [5.74, 6) is -0.790. The number of aliphatic imine (C=N–C) groups is 1. The Morgan fingerprint density at radius 1 is 1.30 bits per heavy atom. The number of rotatable bonds is 6. The average molecular weight is 414 g/mol. The lowest BCUT2D eigenvalue weighted by molar-refractivity contribution is -0.198. The van der Waals surface area contributed by atoms with E-state index in [9.17, 15) is 14.7 Å². The molecule has 0 radical (unpaired) electrons. The second kappa shape index (κ2) is 7.19. The van der Waals surface area contributed by atoms with Crippen molar-refractivity contribution in [2.24, 2.45) is 22.2 Å². The van der Waals surface area contributed by atoms with Crippen molar-refractivity contribution in [2.75, 3.05) is 6.61 Å². The Labute approximate surface area is 177 Å². The summed E-state index contributed by atoms with van der Waals surface area (Å²) in [5, 5.41) is 11.4. The van der Waals surface area contributed by atoms with E-state index in [1.165, 1.54) is 0 Å². The molecular weight excluding hydrogens is 382 g/mol. The normalized spacial score (nSPS) is 33.3. The van der Waals surface area contributed by atoms with Crippen molar-refractivity contribution >= 4 is 17.7 Å². The molecule has 6 heteroatoms. The second-order valence-corrected chi connectivity index (χ2v) is 9.65. The number of carbonyl (C=O) groups excluding carboxylic acids is 2. The van der Waals surface area contributed by atoms with Gasteiger partial charge in [-0.05, 0) is 56.4 Å². The first kappa shape index (κ1) is 21.0. The van der Waals surface area contributed by atoms with Gasteiger partial charge in [-0.15, -0.1) is 0 Å². The van der Waals surface area contributed by atoms with Crippen molar-refractivity contribution in [3.8, 4) is 0 Å². The largest absolute Gasteiger partial charge is 0.464 e. The van der Waals surface area contributed by atoms with Gasteiger partial charge < -0.3 is 14.6 Å². The van der Waals surface area contributed by atoms with Gasteiger partial charge in [0.15, 0.2) is 17.2 Å². The Balaban J connectivity index is 1.66. The van der Waals surface area contributed by atoms with Crippen LogP contribution in [0.1, 0.15) is 52.5 Å². The highest BCUT2D eigenvalue weighted by Gasteiger charge is 2.67. The summed E-state index contributed by atoms with van der Waals surface area (Å²) in [7, 11) is 0. The van der Waals surface area contributed by atoms with Crippen molar-refractivity contribution in [3.05, 3.63) is 35.9 Å². The molecule has 5 atom stereocenters. The molecule has 3 fully saturated rings. The number of nitrogens with zero attached hydrogens (tertiary/aromatic N) is 1. The van der Waals surface area contributed by atoms with Crippen molar-refractivity contribution in [3.63, 3.8) is 0 Å². The zero-order valence-corrected chi connectivity index (χ0v) is 18.2. The van der Waals surface area contributed by atoms with E-state index < -0.39 is 29.2 Å². The highest BCUT2D eigenvalue weighted by Crippen LogP contribution is 2.63. The molecule has 1 aliphatic heterocycles. The fraction of sp³-hybridized carbons (Fsp3) is 0.625. The zero-order valence-electron chi connectivity index (χ0n) is 18.2. The third-order valence-corrected chi connectivity index (χ3v) is 7.69. The topological polar surface area (TPSA) is 85.2 Å². The van der Waals surface area contributed by atoms with Gasteiger partial charge in [0.1, 0.15) is 0 Å². The maximum atomic E-state index is 13.1. The Kier molecular flexibility index (Phi) is 5.04. The van der Waals surface area contributed by atoms with Gasteiger partial charge in [0.25, 0.3) is 0 Å². The number of hydrogen-bond donors (Lipinski definition) is 1. The number of carbonyl (C=O) groups is 2. The standard InChI is InChI=1S/C24H31NO5/c1-5-29-21(27)24(28,12-11-15-9-7-6-8-10-15)19-20(26)30-23(4)17-13-16(22(17,2)3)14-18(23)25-19/h6-10,16-17,19,28H,5,11-14H2,1-4H3/t16?,17?,19-,23?,24?/m1/s1. The van der Waals surface area contributed by atoms with E-state index in [4.69, 9.17) is 9.47 Å². The SMILES string of the molecule is CCOC(=O)C(O)(CCc1ccccc1)[C@@H]1N=C2CC3CC(C2(C)OC1=O)C3(C)C. The van der Waals surface area contributed by atoms with Gasteiger partial charge in [0.05, 0.1) is 12.3 Å². The molecule has 3 aliphatic carbocycles. The lowest BCUT2D eigenvalue weighted by Gasteiger charge is -2.64. The van der Waals surface area contributed by atoms with Crippen LogP contribution in [0.25, 0.3) is 0 Å². The van der Waals surface area contributed by atoms with E-state index in [-0.39, 0.29) is 24.4 Å². The van der Waals surface area contributed by atoms with Crippen LogP contribution in [-0.4, -0.2) is 46.6 Å². The summed E-state index contributed by atoms with van der Waals surface area (Å²) in [4.78, 5) is 30.6. The minimum Gasteiger partial charge on any atom is -0.464 e. The molecule has 0 amide bonds. The third kappa shape index (κ3) is 3.08. The molecule has 2 bridgehead atoms. The summed E-state index contributed by atoms with van der Waals surface area (Å²) >= 11 is 0. The lowest BCUT2D eigenvalue weighted by Crippen LogP contribution is -2.70. The first-order valence-corrected chi connectivity index (χ1v) is 10.9. The quantitative estimate of drug-likeness (QED) is 0.725. The summed E-state index contributed by atoms with van der Waals surface area (Å²) in [6.45, 7) is 8.13.